The Kier molecular flexibility index (Phi) is 6.21. The van der Waals surface area contributed by atoms with Crippen molar-refractivity contribution in [3.63, 3.8) is 0 Å². The second-order valence-electron chi connectivity index (χ2n) is 3.49. The fraction of sp³-hybridized carbons (Fsp3) is 0.364. The van der Waals surface area contributed by atoms with Gasteiger partial charge in [-0.25, -0.2) is 13.1 Å². The van der Waals surface area contributed by atoms with E-state index in [-0.39, 0.29) is 41.8 Å². The van der Waals surface area contributed by atoms with Crippen LogP contribution in [0.4, 0.5) is 0 Å². The van der Waals surface area contributed by atoms with Crippen LogP contribution in [0.3, 0.4) is 0 Å². The van der Waals surface area contributed by atoms with Crippen molar-refractivity contribution >= 4 is 21.6 Å². The molecule has 0 aliphatic rings. The van der Waals surface area contributed by atoms with Gasteiger partial charge in [-0.3, -0.25) is 0 Å². The van der Waals surface area contributed by atoms with Crippen molar-refractivity contribution in [3.05, 3.63) is 28.8 Å². The highest BCUT2D eigenvalue weighted by molar-refractivity contribution is 7.89. The van der Waals surface area contributed by atoms with Crippen LogP contribution in [0.25, 0.3) is 0 Å². The maximum absolute atomic E-state index is 11.9. The van der Waals surface area contributed by atoms with Gasteiger partial charge in [0.15, 0.2) is 0 Å². The van der Waals surface area contributed by atoms with E-state index in [0.717, 1.165) is 0 Å². The van der Waals surface area contributed by atoms with Gasteiger partial charge >= 0.3 is 0 Å². The van der Waals surface area contributed by atoms with Crippen LogP contribution in [0.1, 0.15) is 5.56 Å². The molecule has 0 atom stereocenters. The summed E-state index contributed by atoms with van der Waals surface area (Å²) in [6.07, 6.45) is 0. The van der Waals surface area contributed by atoms with Crippen molar-refractivity contribution in [2.45, 2.75) is 4.90 Å². The standard InChI is InChI=1S/C11H13ClN2O4S/c12-11-7-10(2-1-9(11)8-13)19(16,17)14-3-5-18-6-4-15/h1-2,7,14-15H,3-6H2. The molecule has 0 spiro atoms. The number of halogens is 1. The molecule has 1 rings (SSSR count). The molecule has 2 N–H and O–H groups in total. The molecule has 1 aromatic carbocycles. The van der Waals surface area contributed by atoms with Gasteiger partial charge in [0.05, 0.1) is 35.3 Å². The van der Waals surface area contributed by atoms with Crippen LogP contribution in [-0.4, -0.2) is 39.9 Å². The van der Waals surface area contributed by atoms with Crippen LogP contribution in [0, 0.1) is 11.3 Å². The summed E-state index contributed by atoms with van der Waals surface area (Å²) < 4.78 is 31.0. The average Bonchev–Trinajstić information content (AvgIpc) is 2.38. The third-order valence-electron chi connectivity index (χ3n) is 2.15. The highest BCUT2D eigenvalue weighted by atomic mass is 35.5. The zero-order valence-electron chi connectivity index (χ0n) is 9.97. The number of rotatable bonds is 7. The number of nitriles is 1. The molecule has 0 saturated carbocycles. The fourth-order valence-electron chi connectivity index (χ4n) is 1.25. The van der Waals surface area contributed by atoms with Gasteiger partial charge in [0.2, 0.25) is 10.0 Å². The summed E-state index contributed by atoms with van der Waals surface area (Å²) in [6.45, 7) is 0.284. The Bertz CT molecular complexity index is 569. The van der Waals surface area contributed by atoms with Gasteiger partial charge in [0.25, 0.3) is 0 Å². The molecule has 0 bridgehead atoms. The molecule has 6 nitrogen and oxygen atoms in total. The van der Waals surface area contributed by atoms with Gasteiger partial charge < -0.3 is 9.84 Å². The molecule has 0 aromatic heterocycles. The summed E-state index contributed by atoms with van der Waals surface area (Å²) in [4.78, 5) is -0.0151. The van der Waals surface area contributed by atoms with Gasteiger partial charge in [-0.2, -0.15) is 5.26 Å². The van der Waals surface area contributed by atoms with E-state index in [9.17, 15) is 8.42 Å². The molecular formula is C11H13ClN2O4S. The lowest BCUT2D eigenvalue weighted by Gasteiger charge is -2.07. The zero-order valence-corrected chi connectivity index (χ0v) is 11.5. The molecular weight excluding hydrogens is 292 g/mol. The van der Waals surface area contributed by atoms with E-state index in [2.05, 4.69) is 4.72 Å². The summed E-state index contributed by atoms with van der Waals surface area (Å²) >= 11 is 5.77. The molecule has 0 fully saturated rings. The van der Waals surface area contributed by atoms with E-state index in [4.69, 9.17) is 26.7 Å². The Morgan fingerprint density at radius 3 is 2.74 bits per heavy atom. The van der Waals surface area contributed by atoms with E-state index in [1.165, 1.54) is 18.2 Å². The van der Waals surface area contributed by atoms with Gasteiger partial charge in [0, 0.05) is 6.54 Å². The van der Waals surface area contributed by atoms with Gasteiger partial charge in [0.1, 0.15) is 6.07 Å². The molecule has 104 valence electrons. The zero-order chi connectivity index (χ0) is 14.3. The summed E-state index contributed by atoms with van der Waals surface area (Å²) in [6, 6.07) is 5.72. The Balaban J connectivity index is 2.68. The number of ether oxygens (including phenoxy) is 1. The van der Waals surface area contributed by atoms with Crippen molar-refractivity contribution in [2.24, 2.45) is 0 Å². The van der Waals surface area contributed by atoms with Crippen LogP contribution in [0.2, 0.25) is 5.02 Å². The minimum Gasteiger partial charge on any atom is -0.394 e. The van der Waals surface area contributed by atoms with E-state index in [1.54, 1.807) is 0 Å². The van der Waals surface area contributed by atoms with Crippen LogP contribution in [0.15, 0.2) is 23.1 Å². The molecule has 0 unspecified atom stereocenters. The SMILES string of the molecule is N#Cc1ccc(S(=O)(=O)NCCOCCO)cc1Cl. The molecule has 0 saturated heterocycles. The summed E-state index contributed by atoms with van der Waals surface area (Å²) in [7, 11) is -3.68. The highest BCUT2D eigenvalue weighted by Crippen LogP contribution is 2.19. The van der Waals surface area contributed by atoms with Gasteiger partial charge in [-0.1, -0.05) is 11.6 Å². The molecule has 0 radical (unpaired) electrons. The quantitative estimate of drug-likeness (QED) is 0.715. The maximum Gasteiger partial charge on any atom is 0.240 e. The summed E-state index contributed by atoms with van der Waals surface area (Å²) in [5.74, 6) is 0. The minimum atomic E-state index is -3.68. The first-order valence-electron chi connectivity index (χ1n) is 5.39. The first-order chi connectivity index (χ1) is 9.01. The third-order valence-corrected chi connectivity index (χ3v) is 3.92. The monoisotopic (exact) mass is 304 g/mol. The average molecular weight is 305 g/mol. The third kappa shape index (κ3) is 4.78. The maximum atomic E-state index is 11.9. The second-order valence-corrected chi connectivity index (χ2v) is 5.66. The van der Waals surface area contributed by atoms with Crippen LogP contribution in [-0.2, 0) is 14.8 Å². The highest BCUT2D eigenvalue weighted by Gasteiger charge is 2.15. The number of nitrogens with zero attached hydrogens (tertiary/aromatic N) is 1. The number of hydrogen-bond donors (Lipinski definition) is 2. The van der Waals surface area contributed by atoms with Crippen molar-refractivity contribution in [2.75, 3.05) is 26.4 Å². The fourth-order valence-corrected chi connectivity index (χ4v) is 2.58. The molecule has 8 heteroatoms. The first-order valence-corrected chi connectivity index (χ1v) is 7.25. The minimum absolute atomic E-state index is 0.0151. The topological polar surface area (TPSA) is 99.4 Å². The predicted octanol–water partition coefficient (Wildman–Crippen LogP) is 0.499. The lowest BCUT2D eigenvalue weighted by atomic mass is 10.2. The Hall–Kier alpha value is -1.17. The molecule has 0 aliphatic carbocycles. The Labute approximate surface area is 116 Å². The summed E-state index contributed by atoms with van der Waals surface area (Å²) in [5.41, 5.74) is 0.215. The normalized spacial score (nSPS) is 11.2. The van der Waals surface area contributed by atoms with E-state index in [0.29, 0.717) is 0 Å². The molecule has 0 aliphatic heterocycles. The molecule has 0 heterocycles. The van der Waals surface area contributed by atoms with Crippen LogP contribution < -0.4 is 4.72 Å². The van der Waals surface area contributed by atoms with Crippen molar-refractivity contribution in [1.29, 1.82) is 5.26 Å². The largest absolute Gasteiger partial charge is 0.394 e. The van der Waals surface area contributed by atoms with Gasteiger partial charge in [-0.05, 0) is 18.2 Å². The molecule has 1 aromatic rings. The van der Waals surface area contributed by atoms with Crippen molar-refractivity contribution in [1.82, 2.24) is 4.72 Å². The van der Waals surface area contributed by atoms with E-state index >= 15 is 0 Å². The number of hydrogen-bond acceptors (Lipinski definition) is 5. The second kappa shape index (κ2) is 7.43. The van der Waals surface area contributed by atoms with Gasteiger partial charge in [-0.15, -0.1) is 0 Å². The number of benzene rings is 1. The lowest BCUT2D eigenvalue weighted by molar-refractivity contribution is 0.0961. The lowest BCUT2D eigenvalue weighted by Crippen LogP contribution is -2.27. The number of aliphatic hydroxyl groups is 1. The number of sulfonamides is 1. The molecule has 19 heavy (non-hydrogen) atoms. The van der Waals surface area contributed by atoms with Crippen molar-refractivity contribution in [3.8, 4) is 6.07 Å². The van der Waals surface area contributed by atoms with Crippen molar-refractivity contribution < 1.29 is 18.3 Å². The summed E-state index contributed by atoms with van der Waals surface area (Å²) in [5, 5.41) is 17.3. The van der Waals surface area contributed by atoms with E-state index < -0.39 is 10.0 Å². The van der Waals surface area contributed by atoms with Crippen LogP contribution >= 0.6 is 11.6 Å². The Morgan fingerprint density at radius 1 is 1.42 bits per heavy atom. The smallest absolute Gasteiger partial charge is 0.240 e. The van der Waals surface area contributed by atoms with Crippen LogP contribution in [0.5, 0.6) is 0 Å². The van der Waals surface area contributed by atoms with E-state index in [1.807, 2.05) is 6.07 Å². The Morgan fingerprint density at radius 2 is 2.16 bits per heavy atom. The first kappa shape index (κ1) is 15.9. The molecule has 0 amide bonds. The number of nitrogens with one attached hydrogen (secondary N) is 1. The predicted molar refractivity (Wildman–Crippen MR) is 69.3 cm³/mol. The number of aliphatic hydroxyl groups excluding tert-OH is 1.